The maximum atomic E-state index is 12.9. The molecule has 194 valence electrons. The van der Waals surface area contributed by atoms with Crippen LogP contribution in [0.4, 0.5) is 13.2 Å². The maximum absolute atomic E-state index is 12.9. The molecule has 1 atom stereocenters. The van der Waals surface area contributed by atoms with Crippen LogP contribution in [0.1, 0.15) is 15.9 Å². The van der Waals surface area contributed by atoms with E-state index in [1.54, 1.807) is 12.1 Å². The minimum absolute atomic E-state index is 0.0112. The molecule has 0 saturated heterocycles. The molecule has 4 aromatic carbocycles. The summed E-state index contributed by atoms with van der Waals surface area (Å²) in [5, 5.41) is 22.4. The zero-order valence-corrected chi connectivity index (χ0v) is 19.8. The molecule has 6 nitrogen and oxygen atoms in total. The monoisotopic (exact) mass is 521 g/mol. The standard InChI is InChI=1S/C29H22F3NO5/c30-29(31,32)38-23-13-10-21(11-14-23)22-12-15-26(34)24(17-22)27(35)33-25(28(36)37)16-18-6-8-20(9-7-18)19-4-2-1-3-5-19/h1-15,17,25,34H,16H2,(H,33,35)(H,36,37)/t25-/m0/s1. The molecule has 0 spiro atoms. The number of carboxylic acids is 1. The average molecular weight is 521 g/mol. The number of aliphatic carboxylic acids is 1. The Labute approximate surface area is 215 Å². The SMILES string of the molecule is O=C(N[C@@H](Cc1ccc(-c2ccccc2)cc1)C(=O)O)c1cc(-c2ccc(OC(F)(F)F)cc2)ccc1O. The highest BCUT2D eigenvalue weighted by molar-refractivity contribution is 6.00. The highest BCUT2D eigenvalue weighted by Crippen LogP contribution is 2.29. The molecule has 0 aromatic heterocycles. The van der Waals surface area contributed by atoms with Crippen molar-refractivity contribution in [1.29, 1.82) is 0 Å². The van der Waals surface area contributed by atoms with Gasteiger partial charge in [0.15, 0.2) is 0 Å². The molecule has 0 bridgehead atoms. The number of hydrogen-bond acceptors (Lipinski definition) is 4. The number of aromatic hydroxyl groups is 1. The smallest absolute Gasteiger partial charge is 0.507 e. The fraction of sp³-hybridized carbons (Fsp3) is 0.103. The summed E-state index contributed by atoms with van der Waals surface area (Å²) in [4.78, 5) is 24.8. The summed E-state index contributed by atoms with van der Waals surface area (Å²) in [5.74, 6) is -2.84. The Bertz CT molecular complexity index is 1420. The van der Waals surface area contributed by atoms with Gasteiger partial charge in [-0.3, -0.25) is 4.79 Å². The number of rotatable bonds is 8. The fourth-order valence-corrected chi connectivity index (χ4v) is 3.88. The molecule has 0 radical (unpaired) electrons. The highest BCUT2D eigenvalue weighted by Gasteiger charge is 2.31. The van der Waals surface area contributed by atoms with Crippen LogP contribution in [0.15, 0.2) is 97.1 Å². The molecule has 1 amide bonds. The number of nitrogens with one attached hydrogen (secondary N) is 1. The van der Waals surface area contributed by atoms with Gasteiger partial charge in [-0.2, -0.15) is 0 Å². The molecule has 0 saturated carbocycles. The molecular formula is C29H22F3NO5. The number of carboxylic acid groups (broad SMARTS) is 1. The van der Waals surface area contributed by atoms with Crippen LogP contribution in [-0.4, -0.2) is 34.5 Å². The Morgan fingerprint density at radius 2 is 1.34 bits per heavy atom. The van der Waals surface area contributed by atoms with E-state index in [1.807, 2.05) is 42.5 Å². The quantitative estimate of drug-likeness (QED) is 0.262. The minimum atomic E-state index is -4.82. The molecular weight excluding hydrogens is 499 g/mol. The van der Waals surface area contributed by atoms with E-state index in [4.69, 9.17) is 0 Å². The number of phenolic OH excluding ortho intramolecular Hbond substituents is 1. The molecule has 4 aromatic rings. The Morgan fingerprint density at radius 1 is 0.789 bits per heavy atom. The molecule has 0 aliphatic carbocycles. The van der Waals surface area contributed by atoms with E-state index < -0.39 is 30.0 Å². The summed E-state index contributed by atoms with van der Waals surface area (Å²) in [6, 6.07) is 24.8. The third-order valence-corrected chi connectivity index (χ3v) is 5.77. The van der Waals surface area contributed by atoms with E-state index in [1.165, 1.54) is 30.3 Å². The predicted molar refractivity (Wildman–Crippen MR) is 135 cm³/mol. The normalized spacial score (nSPS) is 12.0. The summed E-state index contributed by atoms with van der Waals surface area (Å²) in [7, 11) is 0. The second-order valence-corrected chi connectivity index (χ2v) is 8.44. The minimum Gasteiger partial charge on any atom is -0.507 e. The van der Waals surface area contributed by atoms with Gasteiger partial charge in [-0.1, -0.05) is 72.8 Å². The Balaban J connectivity index is 1.48. The van der Waals surface area contributed by atoms with Crippen molar-refractivity contribution in [3.63, 3.8) is 0 Å². The molecule has 0 heterocycles. The van der Waals surface area contributed by atoms with E-state index in [0.29, 0.717) is 16.7 Å². The number of hydrogen-bond donors (Lipinski definition) is 3. The third-order valence-electron chi connectivity index (χ3n) is 5.77. The number of carbonyl (C=O) groups excluding carboxylic acids is 1. The molecule has 4 rings (SSSR count). The van der Waals surface area contributed by atoms with Crippen molar-refractivity contribution in [2.24, 2.45) is 0 Å². The fourth-order valence-electron chi connectivity index (χ4n) is 3.88. The lowest BCUT2D eigenvalue weighted by Gasteiger charge is -2.16. The third kappa shape index (κ3) is 6.70. The van der Waals surface area contributed by atoms with Crippen LogP contribution in [0.2, 0.25) is 0 Å². The van der Waals surface area contributed by atoms with Gasteiger partial charge >= 0.3 is 12.3 Å². The molecule has 0 fully saturated rings. The average Bonchev–Trinajstić information content (AvgIpc) is 2.89. The van der Waals surface area contributed by atoms with Crippen LogP contribution in [-0.2, 0) is 11.2 Å². The van der Waals surface area contributed by atoms with Crippen molar-refractivity contribution in [2.75, 3.05) is 0 Å². The summed E-state index contributed by atoms with van der Waals surface area (Å²) >= 11 is 0. The van der Waals surface area contributed by atoms with Crippen LogP contribution in [0.5, 0.6) is 11.5 Å². The number of amides is 1. The first-order valence-electron chi connectivity index (χ1n) is 11.5. The van der Waals surface area contributed by atoms with Crippen LogP contribution < -0.4 is 10.1 Å². The van der Waals surface area contributed by atoms with Crippen molar-refractivity contribution < 1.29 is 37.7 Å². The van der Waals surface area contributed by atoms with Gasteiger partial charge in [0.25, 0.3) is 5.91 Å². The lowest BCUT2D eigenvalue weighted by atomic mass is 9.99. The van der Waals surface area contributed by atoms with Gasteiger partial charge in [0.05, 0.1) is 5.56 Å². The first kappa shape index (κ1) is 26.3. The van der Waals surface area contributed by atoms with E-state index in [0.717, 1.165) is 23.3 Å². The van der Waals surface area contributed by atoms with Gasteiger partial charge in [0, 0.05) is 6.42 Å². The van der Waals surface area contributed by atoms with E-state index in [-0.39, 0.29) is 17.7 Å². The van der Waals surface area contributed by atoms with Gasteiger partial charge in [0.1, 0.15) is 17.5 Å². The van der Waals surface area contributed by atoms with Gasteiger partial charge < -0.3 is 20.3 Å². The van der Waals surface area contributed by atoms with Crippen molar-refractivity contribution >= 4 is 11.9 Å². The van der Waals surface area contributed by atoms with E-state index in [2.05, 4.69) is 10.1 Å². The number of alkyl halides is 3. The number of halogens is 3. The Hall–Kier alpha value is -4.79. The van der Waals surface area contributed by atoms with Crippen molar-refractivity contribution in [1.82, 2.24) is 5.32 Å². The molecule has 3 N–H and O–H groups in total. The Kier molecular flexibility index (Phi) is 7.66. The molecule has 9 heteroatoms. The van der Waals surface area contributed by atoms with Crippen LogP contribution in [0.3, 0.4) is 0 Å². The maximum Gasteiger partial charge on any atom is 0.573 e. The number of carbonyl (C=O) groups is 2. The summed E-state index contributed by atoms with van der Waals surface area (Å²) in [5.41, 5.74) is 3.38. The van der Waals surface area contributed by atoms with Crippen molar-refractivity contribution in [3.05, 3.63) is 108 Å². The second-order valence-electron chi connectivity index (χ2n) is 8.44. The predicted octanol–water partition coefficient (Wildman–Crippen LogP) is 6.05. The van der Waals surface area contributed by atoms with Gasteiger partial charge in [-0.05, 0) is 52.1 Å². The molecule has 0 aliphatic rings. The summed E-state index contributed by atoms with van der Waals surface area (Å²) in [6.07, 6.45) is -4.81. The van der Waals surface area contributed by atoms with Crippen LogP contribution in [0, 0.1) is 0 Å². The number of benzene rings is 4. The first-order chi connectivity index (χ1) is 18.1. The molecule has 0 unspecified atom stereocenters. The van der Waals surface area contributed by atoms with Gasteiger partial charge in [-0.15, -0.1) is 13.2 Å². The zero-order valence-electron chi connectivity index (χ0n) is 19.8. The largest absolute Gasteiger partial charge is 0.573 e. The van der Waals surface area contributed by atoms with Gasteiger partial charge in [-0.25, -0.2) is 4.79 Å². The molecule has 38 heavy (non-hydrogen) atoms. The van der Waals surface area contributed by atoms with Crippen LogP contribution in [0.25, 0.3) is 22.3 Å². The van der Waals surface area contributed by atoms with Crippen molar-refractivity contribution in [3.8, 4) is 33.8 Å². The van der Waals surface area contributed by atoms with Crippen molar-refractivity contribution in [2.45, 2.75) is 18.8 Å². The number of phenols is 1. The summed E-state index contributed by atoms with van der Waals surface area (Å²) < 4.78 is 41.1. The zero-order chi connectivity index (χ0) is 27.3. The lowest BCUT2D eigenvalue weighted by Crippen LogP contribution is -2.42. The topological polar surface area (TPSA) is 95.9 Å². The second kappa shape index (κ2) is 11.1. The van der Waals surface area contributed by atoms with Crippen LogP contribution >= 0.6 is 0 Å². The summed E-state index contributed by atoms with van der Waals surface area (Å²) in [6.45, 7) is 0. The highest BCUT2D eigenvalue weighted by atomic mass is 19.4. The van der Waals surface area contributed by atoms with E-state index >= 15 is 0 Å². The molecule has 0 aliphatic heterocycles. The first-order valence-corrected chi connectivity index (χ1v) is 11.5. The van der Waals surface area contributed by atoms with Gasteiger partial charge in [0.2, 0.25) is 0 Å². The lowest BCUT2D eigenvalue weighted by molar-refractivity contribution is -0.274. The van der Waals surface area contributed by atoms with E-state index in [9.17, 15) is 33.0 Å². The number of ether oxygens (including phenoxy) is 1. The Morgan fingerprint density at radius 3 is 1.95 bits per heavy atom.